The smallest absolute Gasteiger partial charge is 0.172 e. The van der Waals surface area contributed by atoms with Crippen LogP contribution in [0.25, 0.3) is 0 Å². The molecule has 4 nitrogen and oxygen atoms in total. The van der Waals surface area contributed by atoms with E-state index in [-0.39, 0.29) is 11.7 Å². The standard InChI is InChI=1S/C13H16O4/c1-15-11-5-3-4-10(13(11)16-2)12(14)9-6-7-17-8-9/h3-5,9H,6-8H2,1-2H3. The third kappa shape index (κ3) is 2.26. The molecule has 1 aliphatic rings. The van der Waals surface area contributed by atoms with Crippen LogP contribution in [0.5, 0.6) is 11.5 Å². The van der Waals surface area contributed by atoms with Crippen LogP contribution in [0, 0.1) is 5.92 Å². The Labute approximate surface area is 100 Å². The Morgan fingerprint density at radius 3 is 2.76 bits per heavy atom. The summed E-state index contributed by atoms with van der Waals surface area (Å²) in [6, 6.07) is 5.34. The van der Waals surface area contributed by atoms with E-state index in [2.05, 4.69) is 0 Å². The summed E-state index contributed by atoms with van der Waals surface area (Å²) in [4.78, 5) is 12.3. The van der Waals surface area contributed by atoms with E-state index in [1.54, 1.807) is 32.4 Å². The van der Waals surface area contributed by atoms with Gasteiger partial charge in [-0.15, -0.1) is 0 Å². The fraction of sp³-hybridized carbons (Fsp3) is 0.462. The monoisotopic (exact) mass is 236 g/mol. The van der Waals surface area contributed by atoms with Crippen molar-refractivity contribution in [2.24, 2.45) is 5.92 Å². The van der Waals surface area contributed by atoms with Crippen molar-refractivity contribution in [2.45, 2.75) is 6.42 Å². The number of benzene rings is 1. The molecule has 1 unspecified atom stereocenters. The van der Waals surface area contributed by atoms with Gasteiger partial charge in [0.15, 0.2) is 17.3 Å². The summed E-state index contributed by atoms with van der Waals surface area (Å²) in [5.74, 6) is 1.10. The lowest BCUT2D eigenvalue weighted by Gasteiger charge is -2.13. The number of hydrogen-bond acceptors (Lipinski definition) is 4. The van der Waals surface area contributed by atoms with Crippen LogP contribution in [0.1, 0.15) is 16.8 Å². The molecule has 0 saturated carbocycles. The van der Waals surface area contributed by atoms with E-state index in [4.69, 9.17) is 14.2 Å². The highest BCUT2D eigenvalue weighted by Gasteiger charge is 2.27. The molecule has 0 bridgehead atoms. The number of ether oxygens (including phenoxy) is 3. The zero-order valence-electron chi connectivity index (χ0n) is 10.1. The summed E-state index contributed by atoms with van der Waals surface area (Å²) >= 11 is 0. The average Bonchev–Trinajstić information content (AvgIpc) is 2.90. The fourth-order valence-electron chi connectivity index (χ4n) is 2.04. The molecule has 1 aromatic rings. The SMILES string of the molecule is COc1cccc(C(=O)C2CCOC2)c1OC. The van der Waals surface area contributed by atoms with Crippen LogP contribution in [0.4, 0.5) is 0 Å². The second-order valence-corrected chi connectivity index (χ2v) is 3.97. The zero-order chi connectivity index (χ0) is 12.3. The van der Waals surface area contributed by atoms with Gasteiger partial charge in [0, 0.05) is 12.5 Å². The topological polar surface area (TPSA) is 44.8 Å². The van der Waals surface area contributed by atoms with E-state index in [0.29, 0.717) is 30.3 Å². The van der Waals surface area contributed by atoms with E-state index in [0.717, 1.165) is 6.42 Å². The van der Waals surface area contributed by atoms with Gasteiger partial charge in [0.25, 0.3) is 0 Å². The molecule has 92 valence electrons. The van der Waals surface area contributed by atoms with Crippen molar-refractivity contribution < 1.29 is 19.0 Å². The van der Waals surface area contributed by atoms with Gasteiger partial charge in [-0.25, -0.2) is 0 Å². The molecule has 1 saturated heterocycles. The molecule has 17 heavy (non-hydrogen) atoms. The molecule has 1 fully saturated rings. The van der Waals surface area contributed by atoms with Crippen molar-refractivity contribution in [2.75, 3.05) is 27.4 Å². The van der Waals surface area contributed by atoms with E-state index in [1.165, 1.54) is 0 Å². The van der Waals surface area contributed by atoms with Gasteiger partial charge in [-0.05, 0) is 18.6 Å². The van der Waals surface area contributed by atoms with Crippen molar-refractivity contribution in [1.82, 2.24) is 0 Å². The van der Waals surface area contributed by atoms with E-state index >= 15 is 0 Å². The number of rotatable bonds is 4. The van der Waals surface area contributed by atoms with E-state index in [1.807, 2.05) is 0 Å². The maximum Gasteiger partial charge on any atom is 0.172 e. The van der Waals surface area contributed by atoms with Gasteiger partial charge in [-0.1, -0.05) is 6.07 Å². The first-order valence-electron chi connectivity index (χ1n) is 5.61. The highest BCUT2D eigenvalue weighted by molar-refractivity contribution is 6.01. The Balaban J connectivity index is 2.33. The molecule has 4 heteroatoms. The van der Waals surface area contributed by atoms with Crippen LogP contribution in [0.15, 0.2) is 18.2 Å². The number of hydrogen-bond donors (Lipinski definition) is 0. The molecular weight excluding hydrogens is 220 g/mol. The number of carbonyl (C=O) groups excluding carboxylic acids is 1. The number of carbonyl (C=O) groups is 1. The summed E-state index contributed by atoms with van der Waals surface area (Å²) in [6.07, 6.45) is 0.777. The van der Waals surface area contributed by atoms with Gasteiger partial charge in [-0.3, -0.25) is 4.79 Å². The van der Waals surface area contributed by atoms with Gasteiger partial charge >= 0.3 is 0 Å². The van der Waals surface area contributed by atoms with Crippen LogP contribution in [0.3, 0.4) is 0 Å². The summed E-state index contributed by atoms with van der Waals surface area (Å²) in [5, 5.41) is 0. The minimum absolute atomic E-state index is 0.0593. The second-order valence-electron chi connectivity index (χ2n) is 3.97. The Hall–Kier alpha value is -1.55. The Kier molecular flexibility index (Phi) is 3.64. The summed E-state index contributed by atoms with van der Waals surface area (Å²) < 4.78 is 15.7. The first kappa shape index (κ1) is 11.9. The molecule has 0 aromatic heterocycles. The zero-order valence-corrected chi connectivity index (χ0v) is 10.1. The molecule has 0 aliphatic carbocycles. The Bertz CT molecular complexity index is 408. The minimum Gasteiger partial charge on any atom is -0.493 e. The van der Waals surface area contributed by atoms with Crippen LogP contribution < -0.4 is 9.47 Å². The third-order valence-electron chi connectivity index (χ3n) is 2.97. The Morgan fingerprint density at radius 1 is 1.35 bits per heavy atom. The summed E-state index contributed by atoms with van der Waals surface area (Å²) in [6.45, 7) is 1.15. The molecule has 2 rings (SSSR count). The highest BCUT2D eigenvalue weighted by atomic mass is 16.5. The average molecular weight is 236 g/mol. The van der Waals surface area contributed by atoms with Crippen molar-refractivity contribution in [3.8, 4) is 11.5 Å². The molecular formula is C13H16O4. The van der Waals surface area contributed by atoms with E-state index < -0.39 is 0 Å². The van der Waals surface area contributed by atoms with Gasteiger partial charge in [0.1, 0.15) is 0 Å². The maximum absolute atomic E-state index is 12.3. The molecule has 0 spiro atoms. The van der Waals surface area contributed by atoms with Crippen molar-refractivity contribution in [3.63, 3.8) is 0 Å². The lowest BCUT2D eigenvalue weighted by Crippen LogP contribution is -2.15. The second kappa shape index (κ2) is 5.19. The molecule has 0 radical (unpaired) electrons. The molecule has 1 aliphatic heterocycles. The van der Waals surface area contributed by atoms with Crippen LogP contribution in [0.2, 0.25) is 0 Å². The number of ketones is 1. The first-order chi connectivity index (χ1) is 8.27. The van der Waals surface area contributed by atoms with Crippen LogP contribution in [-0.2, 0) is 4.74 Å². The van der Waals surface area contributed by atoms with E-state index in [9.17, 15) is 4.79 Å². The van der Waals surface area contributed by atoms with Gasteiger partial charge < -0.3 is 14.2 Å². The maximum atomic E-state index is 12.3. The molecule has 0 amide bonds. The number of Topliss-reactive ketones (excluding diaryl/α,β-unsaturated/α-hetero) is 1. The lowest BCUT2D eigenvalue weighted by atomic mass is 9.96. The predicted octanol–water partition coefficient (Wildman–Crippen LogP) is 1.92. The van der Waals surface area contributed by atoms with Crippen molar-refractivity contribution in [1.29, 1.82) is 0 Å². The summed E-state index contributed by atoms with van der Waals surface area (Å²) in [5.41, 5.74) is 0.572. The fourth-order valence-corrected chi connectivity index (χ4v) is 2.04. The summed E-state index contributed by atoms with van der Waals surface area (Å²) in [7, 11) is 3.10. The third-order valence-corrected chi connectivity index (χ3v) is 2.97. The molecule has 1 atom stereocenters. The molecule has 1 aromatic carbocycles. The van der Waals surface area contributed by atoms with Gasteiger partial charge in [0.05, 0.1) is 26.4 Å². The van der Waals surface area contributed by atoms with Gasteiger partial charge in [-0.2, -0.15) is 0 Å². The van der Waals surface area contributed by atoms with Crippen LogP contribution >= 0.6 is 0 Å². The largest absolute Gasteiger partial charge is 0.493 e. The quantitative estimate of drug-likeness (QED) is 0.749. The first-order valence-corrected chi connectivity index (χ1v) is 5.61. The van der Waals surface area contributed by atoms with Crippen molar-refractivity contribution in [3.05, 3.63) is 23.8 Å². The molecule has 1 heterocycles. The van der Waals surface area contributed by atoms with Crippen LogP contribution in [-0.4, -0.2) is 33.2 Å². The predicted molar refractivity (Wildman–Crippen MR) is 62.8 cm³/mol. The minimum atomic E-state index is -0.0593. The number of methoxy groups -OCH3 is 2. The lowest BCUT2D eigenvalue weighted by molar-refractivity contribution is 0.0896. The van der Waals surface area contributed by atoms with Crippen molar-refractivity contribution >= 4 is 5.78 Å². The molecule has 0 N–H and O–H groups in total. The van der Waals surface area contributed by atoms with Gasteiger partial charge in [0.2, 0.25) is 0 Å². The number of para-hydroxylation sites is 1. The highest BCUT2D eigenvalue weighted by Crippen LogP contribution is 2.33. The Morgan fingerprint density at radius 2 is 2.18 bits per heavy atom. The normalized spacial score (nSPS) is 19.1.